The molecule has 0 aliphatic carbocycles. The van der Waals surface area contributed by atoms with Crippen molar-refractivity contribution in [2.75, 3.05) is 19.6 Å². The van der Waals surface area contributed by atoms with Gasteiger partial charge in [-0.3, -0.25) is 0 Å². The lowest BCUT2D eigenvalue weighted by Gasteiger charge is -2.27. The minimum absolute atomic E-state index is 0.837. The summed E-state index contributed by atoms with van der Waals surface area (Å²) in [4.78, 5) is 9.29. The Bertz CT molecular complexity index is 3690. The van der Waals surface area contributed by atoms with Crippen LogP contribution in [0.1, 0.15) is 0 Å². The predicted octanol–water partition coefficient (Wildman–Crippen LogP) is 19.8. The van der Waals surface area contributed by atoms with Crippen LogP contribution in [-0.4, -0.2) is 0 Å². The van der Waals surface area contributed by atoms with Crippen LogP contribution in [0.5, 0.6) is 0 Å². The Morgan fingerprint density at radius 2 is 0.384 bits per heavy atom. The van der Waals surface area contributed by atoms with Crippen molar-refractivity contribution in [1.29, 1.82) is 0 Å². The molecule has 0 atom stereocenters. The number of fused-ring (bicyclic) bond motifs is 5. The van der Waals surface area contributed by atoms with Crippen LogP contribution in [0.15, 0.2) is 296 Å². The van der Waals surface area contributed by atoms with E-state index in [1.807, 2.05) is 0 Å². The molecule has 13 rings (SSSR count). The number of furan rings is 1. The van der Waals surface area contributed by atoms with Gasteiger partial charge < -0.3 is 24.0 Å². The maximum Gasteiger partial charge on any atom is 0.135 e. The molecule has 73 heavy (non-hydrogen) atoms. The zero-order valence-corrected chi connectivity index (χ0v) is 39.9. The normalized spacial score (nSPS) is 11.3. The molecule has 0 fully saturated rings. The molecular formula is C68H48N4O. The summed E-state index contributed by atoms with van der Waals surface area (Å²) in [7, 11) is 0. The standard InChI is InChI=1S/C68H48N4O/c1-7-19-53(20-8-1)69(54-21-9-2-10-22-54)59-35-31-51-45-61(37-33-49(51)43-59)71(57-27-15-5-16-28-57)63-39-41-67-65(47-63)66-48-64(40-42-68(66)73-67)72(58-29-17-6-18-30-58)62-38-34-50-44-60(36-32-52(50)46-62)70(55-23-11-3-12-24-55)56-25-13-4-14-26-56/h1-48H. The van der Waals surface area contributed by atoms with Crippen LogP contribution in [0.25, 0.3) is 43.5 Å². The SMILES string of the molecule is c1ccc(N(c2ccccc2)c2ccc3cc(N(c4ccccc4)c4ccc5oc6ccc(N(c7ccccc7)c7ccc8cc(N(c9ccccc9)c9ccccc9)ccc8c7)cc6c5c4)ccc3c2)cc1. The second-order valence-corrected chi connectivity index (χ2v) is 18.2. The number of hydrogen-bond acceptors (Lipinski definition) is 5. The third-order valence-corrected chi connectivity index (χ3v) is 13.7. The predicted molar refractivity (Wildman–Crippen MR) is 307 cm³/mol. The summed E-state index contributed by atoms with van der Waals surface area (Å²) in [6, 6.07) is 104. The van der Waals surface area contributed by atoms with E-state index < -0.39 is 0 Å². The Labute approximate surface area is 424 Å². The zero-order chi connectivity index (χ0) is 48.5. The Kier molecular flexibility index (Phi) is 11.1. The Morgan fingerprint density at radius 3 is 0.630 bits per heavy atom. The van der Waals surface area contributed by atoms with E-state index in [1.165, 1.54) is 0 Å². The molecule has 1 heterocycles. The number of anilines is 12. The van der Waals surface area contributed by atoms with Crippen molar-refractivity contribution < 1.29 is 4.42 Å². The van der Waals surface area contributed by atoms with Gasteiger partial charge in [-0.2, -0.15) is 0 Å². The van der Waals surface area contributed by atoms with E-state index in [2.05, 4.69) is 311 Å². The van der Waals surface area contributed by atoms with E-state index in [1.54, 1.807) is 0 Å². The van der Waals surface area contributed by atoms with E-state index in [9.17, 15) is 0 Å². The first kappa shape index (κ1) is 43.2. The van der Waals surface area contributed by atoms with Crippen LogP contribution in [-0.2, 0) is 0 Å². The maximum absolute atomic E-state index is 6.60. The van der Waals surface area contributed by atoms with Gasteiger partial charge in [0.2, 0.25) is 0 Å². The second kappa shape index (κ2) is 18.8. The van der Waals surface area contributed by atoms with Gasteiger partial charge in [-0.05, 0) is 179 Å². The average Bonchev–Trinajstić information content (AvgIpc) is 3.83. The molecule has 0 bridgehead atoms. The highest BCUT2D eigenvalue weighted by atomic mass is 16.3. The molecule has 0 saturated heterocycles. The third-order valence-electron chi connectivity index (χ3n) is 13.7. The molecule has 346 valence electrons. The van der Waals surface area contributed by atoms with Gasteiger partial charge >= 0.3 is 0 Å². The summed E-state index contributed by atoms with van der Waals surface area (Å²) in [6.07, 6.45) is 0. The number of benzene rings is 12. The van der Waals surface area contributed by atoms with E-state index in [0.717, 1.165) is 112 Å². The maximum atomic E-state index is 6.60. The molecule has 0 aliphatic heterocycles. The quantitative estimate of drug-likeness (QED) is 0.122. The molecular weight excluding hydrogens is 889 g/mol. The van der Waals surface area contributed by atoms with Crippen molar-refractivity contribution in [2.45, 2.75) is 0 Å². The van der Waals surface area contributed by atoms with Crippen molar-refractivity contribution >= 4 is 112 Å². The summed E-state index contributed by atoms with van der Waals surface area (Å²) in [5, 5.41) is 6.71. The first-order valence-corrected chi connectivity index (χ1v) is 24.7. The fourth-order valence-corrected chi connectivity index (χ4v) is 10.3. The highest BCUT2D eigenvalue weighted by Crippen LogP contribution is 2.44. The van der Waals surface area contributed by atoms with Crippen LogP contribution >= 0.6 is 0 Å². The smallest absolute Gasteiger partial charge is 0.135 e. The monoisotopic (exact) mass is 936 g/mol. The summed E-state index contributed by atoms with van der Waals surface area (Å²) in [5.41, 5.74) is 14.7. The minimum atomic E-state index is 0.837. The van der Waals surface area contributed by atoms with Gasteiger partial charge in [-0.25, -0.2) is 0 Å². The van der Waals surface area contributed by atoms with Crippen molar-refractivity contribution in [2.24, 2.45) is 0 Å². The van der Waals surface area contributed by atoms with Gasteiger partial charge in [0.1, 0.15) is 11.2 Å². The van der Waals surface area contributed by atoms with Crippen LogP contribution in [0.2, 0.25) is 0 Å². The molecule has 0 saturated carbocycles. The van der Waals surface area contributed by atoms with Crippen LogP contribution in [0.4, 0.5) is 68.2 Å². The summed E-state index contributed by atoms with van der Waals surface area (Å²) < 4.78 is 6.60. The molecule has 0 radical (unpaired) electrons. The largest absolute Gasteiger partial charge is 0.456 e. The highest BCUT2D eigenvalue weighted by molar-refractivity contribution is 6.08. The number of hydrogen-bond donors (Lipinski definition) is 0. The Hall–Kier alpha value is -9.84. The zero-order valence-electron chi connectivity index (χ0n) is 39.9. The van der Waals surface area contributed by atoms with Crippen molar-refractivity contribution in [3.63, 3.8) is 0 Å². The lowest BCUT2D eigenvalue weighted by molar-refractivity contribution is 0.669. The van der Waals surface area contributed by atoms with Crippen LogP contribution in [0, 0.1) is 0 Å². The molecule has 12 aromatic carbocycles. The molecule has 5 nitrogen and oxygen atoms in total. The van der Waals surface area contributed by atoms with E-state index in [0.29, 0.717) is 0 Å². The number of rotatable bonds is 12. The lowest BCUT2D eigenvalue weighted by Crippen LogP contribution is -2.10. The summed E-state index contributed by atoms with van der Waals surface area (Å²) in [5.74, 6) is 0. The molecule has 0 aliphatic rings. The van der Waals surface area contributed by atoms with Gasteiger partial charge in [0, 0.05) is 79.0 Å². The van der Waals surface area contributed by atoms with Crippen LogP contribution in [0.3, 0.4) is 0 Å². The van der Waals surface area contributed by atoms with Crippen molar-refractivity contribution in [1.82, 2.24) is 0 Å². The molecule has 0 amide bonds. The topological polar surface area (TPSA) is 26.1 Å². The first-order chi connectivity index (χ1) is 36.2. The molecule has 0 N–H and O–H groups in total. The fraction of sp³-hybridized carbons (Fsp3) is 0. The van der Waals surface area contributed by atoms with Crippen molar-refractivity contribution in [3.05, 3.63) is 291 Å². The van der Waals surface area contributed by atoms with Crippen molar-refractivity contribution in [3.8, 4) is 0 Å². The molecule has 0 unspecified atom stereocenters. The fourth-order valence-electron chi connectivity index (χ4n) is 10.3. The summed E-state index contributed by atoms with van der Waals surface area (Å²) >= 11 is 0. The Balaban J connectivity index is 0.878. The van der Waals surface area contributed by atoms with E-state index >= 15 is 0 Å². The highest BCUT2D eigenvalue weighted by Gasteiger charge is 2.20. The molecule has 5 heteroatoms. The van der Waals surface area contributed by atoms with Gasteiger partial charge in [-0.15, -0.1) is 0 Å². The lowest BCUT2D eigenvalue weighted by atomic mass is 10.0. The molecule has 13 aromatic rings. The molecule has 1 aromatic heterocycles. The van der Waals surface area contributed by atoms with E-state index in [4.69, 9.17) is 4.42 Å². The van der Waals surface area contributed by atoms with Gasteiger partial charge in [0.05, 0.1) is 0 Å². The Morgan fingerprint density at radius 1 is 0.178 bits per heavy atom. The van der Waals surface area contributed by atoms with Gasteiger partial charge in [-0.1, -0.05) is 133 Å². The average molecular weight is 937 g/mol. The van der Waals surface area contributed by atoms with Gasteiger partial charge in [0.25, 0.3) is 0 Å². The second-order valence-electron chi connectivity index (χ2n) is 18.2. The number of para-hydroxylation sites is 6. The first-order valence-electron chi connectivity index (χ1n) is 24.7. The molecule has 0 spiro atoms. The number of nitrogens with zero attached hydrogens (tertiary/aromatic N) is 4. The summed E-state index contributed by atoms with van der Waals surface area (Å²) in [6.45, 7) is 0. The third kappa shape index (κ3) is 8.35. The minimum Gasteiger partial charge on any atom is -0.456 e. The van der Waals surface area contributed by atoms with Gasteiger partial charge in [0.15, 0.2) is 0 Å². The van der Waals surface area contributed by atoms with Crippen LogP contribution < -0.4 is 19.6 Å². The van der Waals surface area contributed by atoms with E-state index in [-0.39, 0.29) is 0 Å².